The van der Waals surface area contributed by atoms with Crippen molar-refractivity contribution >= 4 is 11.7 Å². The summed E-state index contributed by atoms with van der Waals surface area (Å²) in [6, 6.07) is 5.19. The topological polar surface area (TPSA) is 83.0 Å². The van der Waals surface area contributed by atoms with E-state index in [2.05, 4.69) is 4.98 Å². The van der Waals surface area contributed by atoms with Crippen LogP contribution in [0.4, 0.5) is 5.82 Å². The molecule has 1 aromatic rings. The number of nitrogens with zero attached hydrogens (tertiary/aromatic N) is 3. The van der Waals surface area contributed by atoms with E-state index in [-0.39, 0.29) is 11.9 Å². The zero-order chi connectivity index (χ0) is 11.5. The number of rotatable bonds is 2. The molecule has 0 bridgehead atoms. The highest BCUT2D eigenvalue weighted by Crippen LogP contribution is 2.23. The van der Waals surface area contributed by atoms with Crippen LogP contribution in [0.25, 0.3) is 0 Å². The number of carbonyl (C=O) groups excluding carboxylic acids is 1. The first-order valence-corrected chi connectivity index (χ1v) is 5.14. The summed E-state index contributed by atoms with van der Waals surface area (Å²) in [5.41, 5.74) is 5.83. The Labute approximate surface area is 93.5 Å². The predicted octanol–water partition coefficient (Wildman–Crippen LogP) is 0.407. The van der Waals surface area contributed by atoms with Gasteiger partial charge in [-0.05, 0) is 25.0 Å². The first-order chi connectivity index (χ1) is 7.72. The first-order valence-electron chi connectivity index (χ1n) is 5.14. The zero-order valence-corrected chi connectivity index (χ0v) is 8.76. The molecule has 0 aliphatic carbocycles. The second-order valence-electron chi connectivity index (χ2n) is 3.77. The van der Waals surface area contributed by atoms with Crippen molar-refractivity contribution in [3.63, 3.8) is 0 Å². The molecule has 1 aliphatic heterocycles. The van der Waals surface area contributed by atoms with Gasteiger partial charge in [0.25, 0.3) is 0 Å². The van der Waals surface area contributed by atoms with Crippen molar-refractivity contribution in [2.24, 2.45) is 5.73 Å². The van der Waals surface area contributed by atoms with Crippen molar-refractivity contribution in [3.05, 3.63) is 23.9 Å². The highest BCUT2D eigenvalue weighted by atomic mass is 16.1. The number of pyridine rings is 1. The third-order valence-electron chi connectivity index (χ3n) is 2.75. The third-order valence-corrected chi connectivity index (χ3v) is 2.75. The van der Waals surface area contributed by atoms with Crippen LogP contribution in [0, 0.1) is 11.3 Å². The van der Waals surface area contributed by atoms with Gasteiger partial charge in [0.2, 0.25) is 5.91 Å². The lowest BCUT2D eigenvalue weighted by Gasteiger charge is -2.22. The van der Waals surface area contributed by atoms with Crippen molar-refractivity contribution in [1.82, 2.24) is 4.98 Å². The smallest absolute Gasteiger partial charge is 0.240 e. The van der Waals surface area contributed by atoms with Crippen molar-refractivity contribution in [1.29, 1.82) is 5.26 Å². The molecule has 0 radical (unpaired) electrons. The molecule has 0 aromatic carbocycles. The summed E-state index contributed by atoms with van der Waals surface area (Å²) in [7, 11) is 0. The highest BCUT2D eigenvalue weighted by Gasteiger charge is 2.29. The van der Waals surface area contributed by atoms with Crippen LogP contribution in [-0.4, -0.2) is 23.5 Å². The van der Waals surface area contributed by atoms with Crippen LogP contribution >= 0.6 is 0 Å². The van der Waals surface area contributed by atoms with Crippen LogP contribution in [0.2, 0.25) is 0 Å². The molecule has 16 heavy (non-hydrogen) atoms. The molecule has 5 nitrogen and oxygen atoms in total. The van der Waals surface area contributed by atoms with Gasteiger partial charge in [0, 0.05) is 12.7 Å². The molecule has 2 heterocycles. The average molecular weight is 216 g/mol. The Morgan fingerprint density at radius 3 is 3.00 bits per heavy atom. The molecule has 1 amide bonds. The van der Waals surface area contributed by atoms with Gasteiger partial charge in [-0.1, -0.05) is 0 Å². The highest BCUT2D eigenvalue weighted by molar-refractivity contribution is 5.83. The maximum Gasteiger partial charge on any atom is 0.240 e. The molecule has 1 unspecified atom stereocenters. The molecular formula is C11H12N4O. The van der Waals surface area contributed by atoms with Crippen LogP contribution in [0.1, 0.15) is 18.4 Å². The minimum atomic E-state index is -0.316. The van der Waals surface area contributed by atoms with Crippen LogP contribution in [0.5, 0.6) is 0 Å². The van der Waals surface area contributed by atoms with Crippen molar-refractivity contribution in [3.8, 4) is 6.07 Å². The van der Waals surface area contributed by atoms with Gasteiger partial charge < -0.3 is 10.6 Å². The number of aromatic nitrogens is 1. The van der Waals surface area contributed by atoms with E-state index in [0.29, 0.717) is 11.4 Å². The largest absolute Gasteiger partial charge is 0.368 e. The Hall–Kier alpha value is -2.09. The van der Waals surface area contributed by atoms with Crippen molar-refractivity contribution in [2.75, 3.05) is 11.4 Å². The molecule has 1 fully saturated rings. The van der Waals surface area contributed by atoms with Crippen LogP contribution < -0.4 is 10.6 Å². The monoisotopic (exact) mass is 216 g/mol. The fourth-order valence-corrected chi connectivity index (χ4v) is 1.96. The fraction of sp³-hybridized carbons (Fsp3) is 0.364. The van der Waals surface area contributed by atoms with Gasteiger partial charge in [0.15, 0.2) is 0 Å². The Bertz CT molecular complexity index is 434. The van der Waals surface area contributed by atoms with Crippen LogP contribution in [-0.2, 0) is 4.79 Å². The summed E-state index contributed by atoms with van der Waals surface area (Å²) in [4.78, 5) is 17.3. The summed E-state index contributed by atoms with van der Waals surface area (Å²) in [6.45, 7) is 0.784. The van der Waals surface area contributed by atoms with Gasteiger partial charge in [0.05, 0.1) is 5.56 Å². The van der Waals surface area contributed by atoms with Gasteiger partial charge in [-0.15, -0.1) is 0 Å². The summed E-state index contributed by atoms with van der Waals surface area (Å²) < 4.78 is 0. The maximum atomic E-state index is 11.2. The molecule has 2 rings (SSSR count). The van der Waals surface area contributed by atoms with E-state index < -0.39 is 0 Å². The molecule has 2 N–H and O–H groups in total. The SMILES string of the molecule is N#Cc1ccc(N2CCCC2C(N)=O)nc1. The number of hydrogen-bond donors (Lipinski definition) is 1. The Balaban J connectivity index is 2.23. The molecule has 1 saturated heterocycles. The lowest BCUT2D eigenvalue weighted by atomic mass is 10.2. The zero-order valence-electron chi connectivity index (χ0n) is 8.76. The maximum absolute atomic E-state index is 11.2. The second kappa shape index (κ2) is 4.19. The van der Waals surface area contributed by atoms with E-state index >= 15 is 0 Å². The van der Waals surface area contributed by atoms with Crippen LogP contribution in [0.15, 0.2) is 18.3 Å². The van der Waals surface area contributed by atoms with Crippen LogP contribution in [0.3, 0.4) is 0 Å². The normalized spacial score (nSPS) is 19.4. The second-order valence-corrected chi connectivity index (χ2v) is 3.77. The molecule has 0 saturated carbocycles. The van der Waals surface area contributed by atoms with Gasteiger partial charge >= 0.3 is 0 Å². The lowest BCUT2D eigenvalue weighted by molar-refractivity contribution is -0.119. The minimum absolute atomic E-state index is 0.263. The number of primary amides is 1. The molecule has 5 heteroatoms. The lowest BCUT2D eigenvalue weighted by Crippen LogP contribution is -2.40. The van der Waals surface area contributed by atoms with Gasteiger partial charge in [0.1, 0.15) is 17.9 Å². The number of anilines is 1. The summed E-state index contributed by atoms with van der Waals surface area (Å²) >= 11 is 0. The Morgan fingerprint density at radius 1 is 1.62 bits per heavy atom. The third kappa shape index (κ3) is 1.82. The van der Waals surface area contributed by atoms with Gasteiger partial charge in [-0.25, -0.2) is 4.98 Å². The molecule has 1 atom stereocenters. The molecule has 0 spiro atoms. The van der Waals surface area contributed by atoms with E-state index in [4.69, 9.17) is 11.0 Å². The quantitative estimate of drug-likeness (QED) is 0.776. The summed E-state index contributed by atoms with van der Waals surface area (Å²) in [6.07, 6.45) is 3.22. The summed E-state index contributed by atoms with van der Waals surface area (Å²) in [5.74, 6) is 0.393. The first kappa shape index (κ1) is 10.4. The molecule has 82 valence electrons. The van der Waals surface area contributed by atoms with Crippen molar-refractivity contribution < 1.29 is 4.79 Å². The predicted molar refractivity (Wildman–Crippen MR) is 58.5 cm³/mol. The van der Waals surface area contributed by atoms with Crippen molar-refractivity contribution in [2.45, 2.75) is 18.9 Å². The van der Waals surface area contributed by atoms with Gasteiger partial charge in [-0.2, -0.15) is 5.26 Å². The molecule has 1 aromatic heterocycles. The average Bonchev–Trinajstić information content (AvgIpc) is 2.78. The van der Waals surface area contributed by atoms with E-state index in [0.717, 1.165) is 19.4 Å². The summed E-state index contributed by atoms with van der Waals surface area (Å²) in [5, 5.41) is 8.66. The number of nitrogens with two attached hydrogens (primary N) is 1. The number of nitriles is 1. The fourth-order valence-electron chi connectivity index (χ4n) is 1.96. The number of hydrogen-bond acceptors (Lipinski definition) is 4. The van der Waals surface area contributed by atoms with E-state index in [1.54, 1.807) is 12.1 Å². The standard InChI is InChI=1S/C11H12N4O/c12-6-8-3-4-10(14-7-8)15-5-1-2-9(15)11(13)16/h3-4,7,9H,1-2,5H2,(H2,13,16). The molecule has 1 aliphatic rings. The number of carbonyl (C=O) groups is 1. The Morgan fingerprint density at radius 2 is 2.44 bits per heavy atom. The van der Waals surface area contributed by atoms with E-state index in [1.165, 1.54) is 6.20 Å². The number of amides is 1. The molecular weight excluding hydrogens is 204 g/mol. The van der Waals surface area contributed by atoms with E-state index in [1.807, 2.05) is 11.0 Å². The van der Waals surface area contributed by atoms with E-state index in [9.17, 15) is 4.79 Å². The van der Waals surface area contributed by atoms with Gasteiger partial charge in [-0.3, -0.25) is 4.79 Å². The Kier molecular flexibility index (Phi) is 2.73. The minimum Gasteiger partial charge on any atom is -0.368 e.